The van der Waals surface area contributed by atoms with Crippen molar-refractivity contribution >= 4 is 5.91 Å². The molecule has 0 fully saturated rings. The van der Waals surface area contributed by atoms with Crippen LogP contribution in [0.3, 0.4) is 0 Å². The van der Waals surface area contributed by atoms with Gasteiger partial charge in [-0.25, -0.2) is 4.98 Å². The molecule has 0 saturated carbocycles. The molecule has 2 aromatic heterocycles. The number of pyridine rings is 1. The second-order valence-electron chi connectivity index (χ2n) is 5.30. The summed E-state index contributed by atoms with van der Waals surface area (Å²) in [6, 6.07) is 3.69. The van der Waals surface area contributed by atoms with Crippen LogP contribution in [-0.4, -0.2) is 26.1 Å². The van der Waals surface area contributed by atoms with Crippen LogP contribution in [0, 0.1) is 0 Å². The number of H-pyrrole nitrogens is 1. The molecule has 0 bridgehead atoms. The molecular formula is C13H17N5O. The van der Waals surface area contributed by atoms with Gasteiger partial charge in [0.25, 0.3) is 5.91 Å². The minimum absolute atomic E-state index is 0.156. The van der Waals surface area contributed by atoms with Crippen LogP contribution < -0.4 is 5.32 Å². The number of nitrogens with zero attached hydrogens (tertiary/aromatic N) is 3. The molecule has 0 aliphatic heterocycles. The van der Waals surface area contributed by atoms with Crippen molar-refractivity contribution in [2.75, 3.05) is 0 Å². The van der Waals surface area contributed by atoms with Gasteiger partial charge in [0.05, 0.1) is 0 Å². The first kappa shape index (κ1) is 13.2. The van der Waals surface area contributed by atoms with Crippen molar-refractivity contribution in [2.24, 2.45) is 0 Å². The van der Waals surface area contributed by atoms with E-state index in [0.717, 1.165) is 5.56 Å². The van der Waals surface area contributed by atoms with Gasteiger partial charge in [0.15, 0.2) is 0 Å². The van der Waals surface area contributed by atoms with Gasteiger partial charge in [0, 0.05) is 24.4 Å². The van der Waals surface area contributed by atoms with Crippen molar-refractivity contribution in [2.45, 2.75) is 32.7 Å². The number of aromatic nitrogens is 4. The molecule has 2 rings (SSSR count). The average Bonchev–Trinajstić information content (AvgIpc) is 2.87. The molecule has 19 heavy (non-hydrogen) atoms. The van der Waals surface area contributed by atoms with Gasteiger partial charge in [-0.15, -0.1) is 5.10 Å². The predicted octanol–water partition coefficient (Wildman–Crippen LogP) is 1.43. The third-order valence-corrected chi connectivity index (χ3v) is 2.60. The third kappa shape index (κ3) is 3.37. The van der Waals surface area contributed by atoms with E-state index < -0.39 is 0 Å². The first-order valence-corrected chi connectivity index (χ1v) is 6.07. The summed E-state index contributed by atoms with van der Waals surface area (Å²) in [7, 11) is 0. The molecule has 100 valence electrons. The molecule has 0 aliphatic carbocycles. The fraction of sp³-hybridized carbons (Fsp3) is 0.385. The Kier molecular flexibility index (Phi) is 3.59. The average molecular weight is 259 g/mol. The second-order valence-corrected chi connectivity index (χ2v) is 5.30. The topological polar surface area (TPSA) is 83.6 Å². The summed E-state index contributed by atoms with van der Waals surface area (Å²) in [6.07, 6.45) is 3.37. The van der Waals surface area contributed by atoms with Crippen LogP contribution in [0.5, 0.6) is 0 Å². The summed E-state index contributed by atoms with van der Waals surface area (Å²) in [6.45, 7) is 6.45. The van der Waals surface area contributed by atoms with Gasteiger partial charge in [0.2, 0.25) is 5.82 Å². The molecule has 2 heterocycles. The van der Waals surface area contributed by atoms with Crippen LogP contribution >= 0.6 is 0 Å². The molecule has 0 aliphatic rings. The van der Waals surface area contributed by atoms with Crippen molar-refractivity contribution in [3.8, 4) is 0 Å². The first-order valence-electron chi connectivity index (χ1n) is 6.07. The monoisotopic (exact) mass is 259 g/mol. The highest BCUT2D eigenvalue weighted by molar-refractivity contribution is 5.90. The fourth-order valence-electron chi connectivity index (χ4n) is 1.46. The van der Waals surface area contributed by atoms with Gasteiger partial charge < -0.3 is 5.32 Å². The molecule has 0 radical (unpaired) electrons. The van der Waals surface area contributed by atoms with Crippen LogP contribution in [0.25, 0.3) is 0 Å². The van der Waals surface area contributed by atoms with Crippen LogP contribution in [0.4, 0.5) is 0 Å². The van der Waals surface area contributed by atoms with E-state index in [2.05, 4.69) is 25.5 Å². The zero-order valence-corrected chi connectivity index (χ0v) is 11.3. The van der Waals surface area contributed by atoms with Crippen molar-refractivity contribution < 1.29 is 4.79 Å². The fourth-order valence-corrected chi connectivity index (χ4v) is 1.46. The predicted molar refractivity (Wildman–Crippen MR) is 70.5 cm³/mol. The Balaban J connectivity index is 1.99. The van der Waals surface area contributed by atoms with Gasteiger partial charge >= 0.3 is 0 Å². The van der Waals surface area contributed by atoms with Crippen LogP contribution in [0.1, 0.15) is 42.8 Å². The molecule has 2 N–H and O–H groups in total. The Morgan fingerprint density at radius 3 is 2.58 bits per heavy atom. The zero-order valence-electron chi connectivity index (χ0n) is 11.3. The van der Waals surface area contributed by atoms with E-state index in [1.54, 1.807) is 12.4 Å². The number of amides is 1. The molecule has 0 atom stereocenters. The number of nitrogens with one attached hydrogen (secondary N) is 2. The second kappa shape index (κ2) is 5.17. The largest absolute Gasteiger partial charge is 0.345 e. The lowest BCUT2D eigenvalue weighted by Gasteiger charge is -2.12. The normalized spacial score (nSPS) is 11.3. The molecule has 0 unspecified atom stereocenters. The maximum absolute atomic E-state index is 11.9. The Bertz CT molecular complexity index is 556. The van der Waals surface area contributed by atoms with Crippen molar-refractivity contribution in [1.29, 1.82) is 0 Å². The summed E-state index contributed by atoms with van der Waals surface area (Å²) < 4.78 is 0. The summed E-state index contributed by atoms with van der Waals surface area (Å²) in [5, 5.41) is 9.50. The van der Waals surface area contributed by atoms with Gasteiger partial charge in [0.1, 0.15) is 5.82 Å². The van der Waals surface area contributed by atoms with E-state index in [4.69, 9.17) is 0 Å². The standard InChI is InChI=1S/C13H17N5O/c1-13(2,3)12-16-10(17-18-12)11(19)15-8-9-4-6-14-7-5-9/h4-7H,8H2,1-3H3,(H,15,19)(H,16,17,18). The van der Waals surface area contributed by atoms with E-state index in [-0.39, 0.29) is 17.1 Å². The number of hydrogen-bond acceptors (Lipinski definition) is 4. The third-order valence-electron chi connectivity index (χ3n) is 2.60. The van der Waals surface area contributed by atoms with Crippen molar-refractivity contribution in [3.63, 3.8) is 0 Å². The smallest absolute Gasteiger partial charge is 0.291 e. The van der Waals surface area contributed by atoms with Crippen molar-refractivity contribution in [1.82, 2.24) is 25.5 Å². The molecule has 6 heteroatoms. The van der Waals surface area contributed by atoms with Gasteiger partial charge in [-0.1, -0.05) is 20.8 Å². The van der Waals surface area contributed by atoms with E-state index in [1.165, 1.54) is 0 Å². The minimum Gasteiger partial charge on any atom is -0.345 e. The molecular weight excluding hydrogens is 242 g/mol. The van der Waals surface area contributed by atoms with Gasteiger partial charge in [-0.3, -0.25) is 14.9 Å². The number of carbonyl (C=O) groups excluding carboxylic acids is 1. The summed E-state index contributed by atoms with van der Waals surface area (Å²) in [5.41, 5.74) is 0.825. The lowest BCUT2D eigenvalue weighted by molar-refractivity contribution is 0.0941. The SMILES string of the molecule is CC(C)(C)c1nc(C(=O)NCc2ccncc2)n[nH]1. The summed E-state index contributed by atoms with van der Waals surface area (Å²) >= 11 is 0. The number of hydrogen-bond donors (Lipinski definition) is 2. The summed E-state index contributed by atoms with van der Waals surface area (Å²) in [4.78, 5) is 20.0. The molecule has 0 spiro atoms. The quantitative estimate of drug-likeness (QED) is 0.873. The van der Waals surface area contributed by atoms with E-state index >= 15 is 0 Å². The van der Waals surface area contributed by atoms with E-state index in [0.29, 0.717) is 12.4 Å². The summed E-state index contributed by atoms with van der Waals surface area (Å²) in [5.74, 6) is 0.573. The Morgan fingerprint density at radius 2 is 2.00 bits per heavy atom. The number of rotatable bonds is 3. The molecule has 2 aromatic rings. The van der Waals surface area contributed by atoms with Crippen LogP contribution in [-0.2, 0) is 12.0 Å². The van der Waals surface area contributed by atoms with E-state index in [1.807, 2.05) is 32.9 Å². The number of carbonyl (C=O) groups is 1. The molecule has 0 saturated heterocycles. The van der Waals surface area contributed by atoms with Crippen LogP contribution in [0.2, 0.25) is 0 Å². The van der Waals surface area contributed by atoms with Crippen molar-refractivity contribution in [3.05, 3.63) is 41.7 Å². The lowest BCUT2D eigenvalue weighted by Crippen LogP contribution is -2.24. The molecule has 1 amide bonds. The highest BCUT2D eigenvalue weighted by atomic mass is 16.2. The van der Waals surface area contributed by atoms with Crippen LogP contribution in [0.15, 0.2) is 24.5 Å². The number of aromatic amines is 1. The van der Waals surface area contributed by atoms with Gasteiger partial charge in [-0.2, -0.15) is 0 Å². The maximum atomic E-state index is 11.9. The van der Waals surface area contributed by atoms with Gasteiger partial charge in [-0.05, 0) is 17.7 Å². The Morgan fingerprint density at radius 1 is 1.32 bits per heavy atom. The Hall–Kier alpha value is -2.24. The minimum atomic E-state index is -0.288. The van der Waals surface area contributed by atoms with E-state index in [9.17, 15) is 4.79 Å². The molecule has 0 aromatic carbocycles. The highest BCUT2D eigenvalue weighted by Gasteiger charge is 2.21. The first-order chi connectivity index (χ1) is 8.97. The zero-order chi connectivity index (χ0) is 13.9. The lowest BCUT2D eigenvalue weighted by atomic mass is 9.96. The Labute approximate surface area is 111 Å². The molecule has 6 nitrogen and oxygen atoms in total. The maximum Gasteiger partial charge on any atom is 0.291 e. The highest BCUT2D eigenvalue weighted by Crippen LogP contribution is 2.17.